The smallest absolute Gasteiger partial charge is 0.258 e. The average molecular weight is 380 g/mol. The van der Waals surface area contributed by atoms with Gasteiger partial charge in [-0.15, -0.1) is 11.3 Å². The van der Waals surface area contributed by atoms with Crippen molar-refractivity contribution in [3.05, 3.63) is 63.5 Å². The lowest BCUT2D eigenvalue weighted by molar-refractivity contribution is 0.0738. The van der Waals surface area contributed by atoms with Crippen LogP contribution in [0, 0.1) is 6.92 Å². The van der Waals surface area contributed by atoms with Gasteiger partial charge in [-0.05, 0) is 38.0 Å². The lowest BCUT2D eigenvalue weighted by atomic mass is 10.0. The van der Waals surface area contributed by atoms with Gasteiger partial charge < -0.3 is 10.6 Å². The van der Waals surface area contributed by atoms with Crippen LogP contribution in [0.2, 0.25) is 0 Å². The molecule has 138 valence electrons. The number of hydrogen-bond acceptors (Lipinski definition) is 4. The lowest BCUT2D eigenvalue weighted by Crippen LogP contribution is -2.30. The first-order chi connectivity index (χ1) is 13.0. The highest BCUT2D eigenvalue weighted by Crippen LogP contribution is 2.37. The van der Waals surface area contributed by atoms with Crippen molar-refractivity contribution in [3.63, 3.8) is 0 Å². The van der Waals surface area contributed by atoms with E-state index in [1.807, 2.05) is 42.2 Å². The lowest BCUT2D eigenvalue weighted by Gasteiger charge is -2.24. The molecule has 3 heterocycles. The highest BCUT2D eigenvalue weighted by Gasteiger charge is 2.33. The summed E-state index contributed by atoms with van der Waals surface area (Å²) in [6, 6.07) is 11.6. The standard InChI is InChI=1S/C20H20N4O2S/c1-12-4-2-5-13(10-12)18-14(11-22-23-18)20(26)24-9-3-6-15(24)16-7-8-17(27-16)19(21)25/h2,4-5,7-8,10-11,15H,3,6,9H2,1H3,(H2,21,25)(H,22,23). The van der Waals surface area contributed by atoms with Crippen molar-refractivity contribution in [2.24, 2.45) is 5.73 Å². The summed E-state index contributed by atoms with van der Waals surface area (Å²) in [6.45, 7) is 2.71. The molecular formula is C20H20N4O2S. The van der Waals surface area contributed by atoms with Gasteiger partial charge in [-0.3, -0.25) is 14.7 Å². The predicted octanol–water partition coefficient (Wildman–Crippen LogP) is 3.52. The molecule has 2 amide bonds. The Morgan fingerprint density at radius 3 is 2.89 bits per heavy atom. The third-order valence-electron chi connectivity index (χ3n) is 4.89. The van der Waals surface area contributed by atoms with Crippen LogP contribution in [0.1, 0.15) is 49.4 Å². The maximum absolute atomic E-state index is 13.3. The number of carbonyl (C=O) groups excluding carboxylic acids is 2. The van der Waals surface area contributed by atoms with Gasteiger partial charge in [0.05, 0.1) is 28.4 Å². The second kappa shape index (κ2) is 7.00. The van der Waals surface area contributed by atoms with Gasteiger partial charge in [0.1, 0.15) is 0 Å². The summed E-state index contributed by atoms with van der Waals surface area (Å²) < 4.78 is 0. The molecule has 1 atom stereocenters. The second-order valence-corrected chi connectivity index (χ2v) is 7.87. The van der Waals surface area contributed by atoms with Crippen molar-refractivity contribution < 1.29 is 9.59 Å². The average Bonchev–Trinajstić information content (AvgIpc) is 3.40. The Bertz CT molecular complexity index is 1010. The van der Waals surface area contributed by atoms with E-state index in [1.54, 1.807) is 12.3 Å². The van der Waals surface area contributed by atoms with Crippen LogP contribution in [0.25, 0.3) is 11.3 Å². The summed E-state index contributed by atoms with van der Waals surface area (Å²) >= 11 is 1.37. The van der Waals surface area contributed by atoms with E-state index < -0.39 is 5.91 Å². The molecule has 1 aromatic carbocycles. The summed E-state index contributed by atoms with van der Waals surface area (Å²) in [5.74, 6) is -0.476. The molecule has 3 aromatic rings. The first-order valence-electron chi connectivity index (χ1n) is 8.85. The number of thiophene rings is 1. The van der Waals surface area contributed by atoms with E-state index in [0.29, 0.717) is 17.0 Å². The van der Waals surface area contributed by atoms with Crippen molar-refractivity contribution in [2.45, 2.75) is 25.8 Å². The molecule has 1 aliphatic heterocycles. The number of H-pyrrole nitrogens is 1. The number of aryl methyl sites for hydroxylation is 1. The van der Waals surface area contributed by atoms with Crippen molar-refractivity contribution in [1.29, 1.82) is 0 Å². The van der Waals surface area contributed by atoms with Crippen molar-refractivity contribution >= 4 is 23.2 Å². The van der Waals surface area contributed by atoms with Gasteiger partial charge in [0.15, 0.2) is 0 Å². The van der Waals surface area contributed by atoms with Gasteiger partial charge in [0.2, 0.25) is 0 Å². The molecule has 0 spiro atoms. The number of benzene rings is 1. The van der Waals surface area contributed by atoms with Gasteiger partial charge in [-0.2, -0.15) is 5.10 Å². The third kappa shape index (κ3) is 3.26. The first kappa shape index (κ1) is 17.5. The Balaban J connectivity index is 1.64. The molecule has 2 aromatic heterocycles. The van der Waals surface area contributed by atoms with Crippen molar-refractivity contribution in [3.8, 4) is 11.3 Å². The van der Waals surface area contributed by atoms with Gasteiger partial charge in [-0.1, -0.05) is 23.8 Å². The number of nitrogens with two attached hydrogens (primary N) is 1. The topological polar surface area (TPSA) is 92.1 Å². The minimum absolute atomic E-state index is 0.0316. The molecule has 1 fully saturated rings. The molecular weight excluding hydrogens is 360 g/mol. The number of rotatable bonds is 4. The number of primary amides is 1. The van der Waals surface area contributed by atoms with Crippen molar-refractivity contribution in [1.82, 2.24) is 15.1 Å². The van der Waals surface area contributed by atoms with Crippen LogP contribution >= 0.6 is 11.3 Å². The highest BCUT2D eigenvalue weighted by atomic mass is 32.1. The molecule has 1 saturated heterocycles. The number of aromatic amines is 1. The molecule has 1 unspecified atom stereocenters. The van der Waals surface area contributed by atoms with Gasteiger partial charge in [0, 0.05) is 17.0 Å². The van der Waals surface area contributed by atoms with E-state index in [4.69, 9.17) is 5.73 Å². The molecule has 0 radical (unpaired) electrons. The largest absolute Gasteiger partial charge is 0.365 e. The number of nitrogens with one attached hydrogen (secondary N) is 1. The van der Waals surface area contributed by atoms with Gasteiger partial charge >= 0.3 is 0 Å². The fourth-order valence-corrected chi connectivity index (χ4v) is 4.60. The third-order valence-corrected chi connectivity index (χ3v) is 6.09. The Kier molecular flexibility index (Phi) is 4.53. The number of carbonyl (C=O) groups is 2. The normalized spacial score (nSPS) is 16.6. The van der Waals surface area contributed by atoms with Gasteiger partial charge in [0.25, 0.3) is 11.8 Å². The number of amides is 2. The zero-order valence-electron chi connectivity index (χ0n) is 14.9. The minimum Gasteiger partial charge on any atom is -0.365 e. The molecule has 0 saturated carbocycles. The fourth-order valence-electron chi connectivity index (χ4n) is 3.59. The molecule has 7 heteroatoms. The van der Waals surface area contributed by atoms with Crippen LogP contribution in [0.4, 0.5) is 0 Å². The summed E-state index contributed by atoms with van der Waals surface area (Å²) in [4.78, 5) is 28.1. The Morgan fingerprint density at radius 2 is 2.15 bits per heavy atom. The number of hydrogen-bond donors (Lipinski definition) is 2. The zero-order chi connectivity index (χ0) is 19.0. The van der Waals surface area contributed by atoms with Crippen LogP contribution in [0.5, 0.6) is 0 Å². The van der Waals surface area contributed by atoms with Crippen LogP contribution < -0.4 is 5.73 Å². The summed E-state index contributed by atoms with van der Waals surface area (Å²) in [7, 11) is 0. The maximum atomic E-state index is 13.3. The number of likely N-dealkylation sites (tertiary alicyclic amines) is 1. The van der Waals surface area contributed by atoms with Crippen LogP contribution in [0.3, 0.4) is 0 Å². The van der Waals surface area contributed by atoms with Gasteiger partial charge in [-0.25, -0.2) is 0 Å². The summed E-state index contributed by atoms with van der Waals surface area (Å²) in [6.07, 6.45) is 3.40. The molecule has 4 rings (SSSR count). The fraction of sp³-hybridized carbons (Fsp3) is 0.250. The van der Waals surface area contributed by atoms with E-state index in [2.05, 4.69) is 10.2 Å². The minimum atomic E-state index is -0.432. The van der Waals surface area contributed by atoms with E-state index in [0.717, 1.165) is 34.5 Å². The van der Waals surface area contributed by atoms with E-state index in [9.17, 15) is 9.59 Å². The highest BCUT2D eigenvalue weighted by molar-refractivity contribution is 7.14. The maximum Gasteiger partial charge on any atom is 0.258 e. The molecule has 1 aliphatic rings. The Hall–Kier alpha value is -2.93. The molecule has 27 heavy (non-hydrogen) atoms. The SMILES string of the molecule is Cc1cccc(-c2[nH]ncc2C(=O)N2CCCC2c2ccc(C(N)=O)s2)c1. The molecule has 0 aliphatic carbocycles. The Labute approximate surface area is 161 Å². The van der Waals surface area contributed by atoms with Crippen LogP contribution in [-0.2, 0) is 0 Å². The zero-order valence-corrected chi connectivity index (χ0v) is 15.8. The summed E-state index contributed by atoms with van der Waals surface area (Å²) in [5.41, 5.74) is 8.74. The van der Waals surface area contributed by atoms with Crippen molar-refractivity contribution in [2.75, 3.05) is 6.54 Å². The quantitative estimate of drug-likeness (QED) is 0.725. The molecule has 0 bridgehead atoms. The summed E-state index contributed by atoms with van der Waals surface area (Å²) in [5, 5.41) is 7.09. The van der Waals surface area contributed by atoms with E-state index in [1.165, 1.54) is 11.3 Å². The monoisotopic (exact) mass is 380 g/mol. The number of aromatic nitrogens is 2. The number of nitrogens with zero attached hydrogens (tertiary/aromatic N) is 2. The predicted molar refractivity (Wildman–Crippen MR) is 105 cm³/mol. The first-order valence-corrected chi connectivity index (χ1v) is 9.67. The van der Waals surface area contributed by atoms with E-state index in [-0.39, 0.29) is 11.9 Å². The Morgan fingerprint density at radius 1 is 1.30 bits per heavy atom. The molecule has 3 N–H and O–H groups in total. The van der Waals surface area contributed by atoms with Crippen LogP contribution in [0.15, 0.2) is 42.6 Å². The molecule has 6 nitrogen and oxygen atoms in total. The second-order valence-electron chi connectivity index (χ2n) is 6.75. The van der Waals surface area contributed by atoms with Crippen LogP contribution in [-0.4, -0.2) is 33.5 Å². The van der Waals surface area contributed by atoms with E-state index >= 15 is 0 Å².